The third-order valence-electron chi connectivity index (χ3n) is 4.43. The molecule has 5 heteroatoms. The summed E-state index contributed by atoms with van der Waals surface area (Å²) in [4.78, 5) is 15.9. The van der Waals surface area contributed by atoms with E-state index in [4.69, 9.17) is 4.74 Å². The molecule has 1 aromatic heterocycles. The Balaban J connectivity index is 1.49. The van der Waals surface area contributed by atoms with Crippen molar-refractivity contribution in [2.45, 2.75) is 13.0 Å². The Morgan fingerprint density at radius 3 is 2.38 bits per heavy atom. The van der Waals surface area contributed by atoms with E-state index in [-0.39, 0.29) is 0 Å². The van der Waals surface area contributed by atoms with Crippen LogP contribution in [-0.2, 0) is 17.8 Å². The van der Waals surface area contributed by atoms with Crippen molar-refractivity contribution >= 4 is 33.1 Å². The summed E-state index contributed by atoms with van der Waals surface area (Å²) in [5.41, 5.74) is 3.69. The molecule has 144 valence electrons. The largest absolute Gasteiger partial charge is 0.489 e. The zero-order valence-corrected chi connectivity index (χ0v) is 16.4. The summed E-state index contributed by atoms with van der Waals surface area (Å²) in [6.07, 6.45) is 1.74. The summed E-state index contributed by atoms with van der Waals surface area (Å²) >= 11 is 1.51. The van der Waals surface area contributed by atoms with Gasteiger partial charge < -0.3 is 9.84 Å². The van der Waals surface area contributed by atoms with Crippen LogP contribution in [0, 0.1) is 0 Å². The number of allylic oxidation sites excluding steroid dienone is 1. The van der Waals surface area contributed by atoms with Gasteiger partial charge >= 0.3 is 5.97 Å². The maximum atomic E-state index is 11.3. The average molecular weight is 401 g/mol. The van der Waals surface area contributed by atoms with Gasteiger partial charge in [0.2, 0.25) is 0 Å². The Morgan fingerprint density at radius 2 is 1.66 bits per heavy atom. The zero-order chi connectivity index (χ0) is 20.1. The van der Waals surface area contributed by atoms with Gasteiger partial charge in [-0.3, -0.25) is 0 Å². The van der Waals surface area contributed by atoms with Gasteiger partial charge in [-0.25, -0.2) is 9.78 Å². The maximum absolute atomic E-state index is 11.3. The number of para-hydroxylation sites is 1. The number of carbonyl (C=O) groups is 1. The lowest BCUT2D eigenvalue weighted by molar-refractivity contribution is -0.131. The first-order chi connectivity index (χ1) is 14.2. The van der Waals surface area contributed by atoms with Gasteiger partial charge in [0.05, 0.1) is 10.2 Å². The minimum atomic E-state index is -0.970. The van der Waals surface area contributed by atoms with Crippen molar-refractivity contribution in [3.63, 3.8) is 0 Å². The second kappa shape index (κ2) is 8.71. The molecule has 0 atom stereocenters. The van der Waals surface area contributed by atoms with Gasteiger partial charge in [-0.1, -0.05) is 54.6 Å². The Bertz CT molecular complexity index is 1110. The first kappa shape index (κ1) is 18.9. The molecule has 0 aliphatic rings. The number of hydrogen-bond acceptors (Lipinski definition) is 4. The number of thiazole rings is 1. The monoisotopic (exact) mass is 401 g/mol. The van der Waals surface area contributed by atoms with Crippen molar-refractivity contribution in [3.05, 3.63) is 101 Å². The molecule has 1 heterocycles. The van der Waals surface area contributed by atoms with Crippen LogP contribution >= 0.6 is 11.3 Å². The van der Waals surface area contributed by atoms with Crippen molar-refractivity contribution in [2.24, 2.45) is 0 Å². The summed E-state index contributed by atoms with van der Waals surface area (Å²) in [5.74, 6) is -0.191. The molecule has 4 aromatic rings. The number of ether oxygens (including phenoxy) is 1. The number of nitrogens with zero attached hydrogens (tertiary/aromatic N) is 1. The Labute approximate surface area is 172 Å². The quantitative estimate of drug-likeness (QED) is 0.410. The van der Waals surface area contributed by atoms with Crippen LogP contribution in [-0.4, -0.2) is 16.1 Å². The van der Waals surface area contributed by atoms with Crippen LogP contribution < -0.4 is 4.74 Å². The summed E-state index contributed by atoms with van der Waals surface area (Å²) < 4.78 is 6.87. The topological polar surface area (TPSA) is 59.4 Å². The molecule has 0 aliphatic heterocycles. The molecule has 4 nitrogen and oxygen atoms in total. The predicted molar refractivity (Wildman–Crippen MR) is 116 cm³/mol. The zero-order valence-electron chi connectivity index (χ0n) is 15.6. The lowest BCUT2D eigenvalue weighted by Crippen LogP contribution is -1.97. The molecular formula is C24H19NO3S. The van der Waals surface area contributed by atoms with Gasteiger partial charge in [0.1, 0.15) is 17.4 Å². The molecule has 0 saturated heterocycles. The van der Waals surface area contributed by atoms with Crippen LogP contribution in [0.25, 0.3) is 15.8 Å². The van der Waals surface area contributed by atoms with E-state index in [1.165, 1.54) is 17.4 Å². The number of hydrogen-bond donors (Lipinski definition) is 1. The number of aromatic nitrogens is 1. The number of carboxylic acid groups (broad SMARTS) is 1. The third-order valence-corrected chi connectivity index (χ3v) is 5.54. The van der Waals surface area contributed by atoms with E-state index in [1.54, 1.807) is 0 Å². The maximum Gasteiger partial charge on any atom is 0.328 e. The SMILES string of the molecule is O=C(O)C=C(Cc1ccc(OCc2ccccc2)cc1)c1nc2ccccc2s1. The minimum absolute atomic E-state index is 0.491. The number of benzene rings is 3. The molecular weight excluding hydrogens is 382 g/mol. The molecule has 29 heavy (non-hydrogen) atoms. The summed E-state index contributed by atoms with van der Waals surface area (Å²) in [5, 5.41) is 10.0. The number of fused-ring (bicyclic) bond motifs is 1. The highest BCUT2D eigenvalue weighted by Crippen LogP contribution is 2.29. The lowest BCUT2D eigenvalue weighted by atomic mass is 10.1. The van der Waals surface area contributed by atoms with Gasteiger partial charge in [-0.05, 0) is 41.0 Å². The van der Waals surface area contributed by atoms with E-state index < -0.39 is 5.97 Å². The number of carboxylic acids is 1. The second-order valence-corrected chi connectivity index (χ2v) is 7.62. The van der Waals surface area contributed by atoms with Crippen molar-refractivity contribution in [1.29, 1.82) is 0 Å². The van der Waals surface area contributed by atoms with E-state index in [9.17, 15) is 9.90 Å². The minimum Gasteiger partial charge on any atom is -0.489 e. The Morgan fingerprint density at radius 1 is 0.931 bits per heavy atom. The molecule has 0 fully saturated rings. The van der Waals surface area contributed by atoms with Gasteiger partial charge in [0.15, 0.2) is 0 Å². The lowest BCUT2D eigenvalue weighted by Gasteiger charge is -2.08. The highest BCUT2D eigenvalue weighted by molar-refractivity contribution is 7.19. The van der Waals surface area contributed by atoms with Crippen molar-refractivity contribution < 1.29 is 14.6 Å². The molecule has 0 radical (unpaired) electrons. The van der Waals surface area contributed by atoms with E-state index in [2.05, 4.69) is 4.98 Å². The number of rotatable bonds is 7. The fourth-order valence-corrected chi connectivity index (χ4v) is 3.99. The standard InChI is InChI=1S/C24H19NO3S/c26-23(27)15-19(24-25-21-8-4-5-9-22(21)29-24)14-17-10-12-20(13-11-17)28-16-18-6-2-1-3-7-18/h1-13,15H,14,16H2,(H,26,27). The van der Waals surface area contributed by atoms with Crippen LogP contribution in [0.15, 0.2) is 84.9 Å². The fraction of sp³-hybridized carbons (Fsp3) is 0.0833. The van der Waals surface area contributed by atoms with E-state index >= 15 is 0 Å². The molecule has 0 spiro atoms. The van der Waals surface area contributed by atoms with Gasteiger partial charge in [-0.2, -0.15) is 0 Å². The van der Waals surface area contributed by atoms with Crippen LogP contribution in [0.3, 0.4) is 0 Å². The highest BCUT2D eigenvalue weighted by atomic mass is 32.1. The summed E-state index contributed by atoms with van der Waals surface area (Å²) in [6.45, 7) is 0.510. The predicted octanol–water partition coefficient (Wildman–Crippen LogP) is 5.59. The van der Waals surface area contributed by atoms with Crippen molar-refractivity contribution in [2.75, 3.05) is 0 Å². The fourth-order valence-electron chi connectivity index (χ4n) is 3.01. The van der Waals surface area contributed by atoms with Gasteiger partial charge in [0.25, 0.3) is 0 Å². The van der Waals surface area contributed by atoms with Crippen LogP contribution in [0.4, 0.5) is 0 Å². The Kier molecular flexibility index (Phi) is 5.68. The first-order valence-corrected chi connectivity index (χ1v) is 10.0. The molecule has 0 bridgehead atoms. The molecule has 0 amide bonds. The summed E-state index contributed by atoms with van der Waals surface area (Å²) in [6, 6.07) is 25.6. The summed E-state index contributed by atoms with van der Waals surface area (Å²) in [7, 11) is 0. The van der Waals surface area contributed by atoms with Crippen molar-refractivity contribution in [1.82, 2.24) is 4.98 Å². The molecule has 3 aromatic carbocycles. The van der Waals surface area contributed by atoms with E-state index in [1.807, 2.05) is 78.9 Å². The smallest absolute Gasteiger partial charge is 0.328 e. The molecule has 0 saturated carbocycles. The second-order valence-electron chi connectivity index (χ2n) is 6.59. The van der Waals surface area contributed by atoms with Crippen LogP contribution in [0.5, 0.6) is 5.75 Å². The number of aliphatic carboxylic acids is 1. The molecule has 0 unspecified atom stereocenters. The highest BCUT2D eigenvalue weighted by Gasteiger charge is 2.12. The molecule has 1 N–H and O–H groups in total. The Hall–Kier alpha value is -3.44. The van der Waals surface area contributed by atoms with E-state index in [0.717, 1.165) is 32.1 Å². The third kappa shape index (κ3) is 4.89. The molecule has 4 rings (SSSR count). The first-order valence-electron chi connectivity index (χ1n) is 9.22. The normalized spacial score (nSPS) is 11.5. The van der Waals surface area contributed by atoms with Crippen LogP contribution in [0.2, 0.25) is 0 Å². The van der Waals surface area contributed by atoms with Crippen LogP contribution in [0.1, 0.15) is 16.1 Å². The van der Waals surface area contributed by atoms with Gasteiger partial charge in [-0.15, -0.1) is 11.3 Å². The average Bonchev–Trinajstić information content (AvgIpc) is 3.17. The molecule has 0 aliphatic carbocycles. The van der Waals surface area contributed by atoms with E-state index in [0.29, 0.717) is 18.6 Å². The van der Waals surface area contributed by atoms with Crippen molar-refractivity contribution in [3.8, 4) is 5.75 Å². The van der Waals surface area contributed by atoms with Gasteiger partial charge in [0, 0.05) is 12.5 Å².